The fraction of sp³-hybridized carbons (Fsp3) is 0.615. The minimum absolute atomic E-state index is 0.142. The Morgan fingerprint density at radius 1 is 1.22 bits per heavy atom. The molecule has 4 rings (SSSR count). The average molecular weight is 582 g/mol. The van der Waals surface area contributed by atoms with Gasteiger partial charge in [0.25, 0.3) is 5.91 Å². The van der Waals surface area contributed by atoms with Crippen LogP contribution in [0.3, 0.4) is 0 Å². The van der Waals surface area contributed by atoms with Gasteiger partial charge in [0.1, 0.15) is 0 Å². The molecule has 2 heterocycles. The molecule has 0 bridgehead atoms. The molecule has 1 aliphatic carbocycles. The number of benzene rings is 1. The monoisotopic (exact) mass is 580 g/mol. The number of nitrogens with zero attached hydrogens (tertiary/aromatic N) is 2. The molecule has 198 valence electrons. The molecule has 8 nitrogen and oxygen atoms in total. The number of anilines is 1. The fourth-order valence-electron chi connectivity index (χ4n) is 4.54. The number of carbonyl (C=O) groups excluding carboxylic acids is 1. The molecule has 1 aromatic rings. The molecule has 1 aromatic carbocycles. The van der Waals surface area contributed by atoms with Gasteiger partial charge < -0.3 is 23.9 Å². The quantitative estimate of drug-likeness (QED) is 0.223. The van der Waals surface area contributed by atoms with E-state index in [1.54, 1.807) is 17.0 Å². The van der Waals surface area contributed by atoms with Crippen molar-refractivity contribution in [3.63, 3.8) is 0 Å². The van der Waals surface area contributed by atoms with Gasteiger partial charge in [0.15, 0.2) is 26.0 Å². The van der Waals surface area contributed by atoms with Crippen molar-refractivity contribution < 1.29 is 28.6 Å². The van der Waals surface area contributed by atoms with E-state index in [1.807, 2.05) is 6.20 Å². The van der Waals surface area contributed by atoms with E-state index in [0.717, 1.165) is 24.6 Å². The third-order valence-corrected chi connectivity index (χ3v) is 12.8. The van der Waals surface area contributed by atoms with E-state index in [-0.39, 0.29) is 22.2 Å². The zero-order valence-electron chi connectivity index (χ0n) is 22.0. The van der Waals surface area contributed by atoms with Gasteiger partial charge in [0, 0.05) is 17.6 Å². The Morgan fingerprint density at radius 3 is 2.47 bits per heavy atom. The summed E-state index contributed by atoms with van der Waals surface area (Å²) >= 11 is 3.40. The van der Waals surface area contributed by atoms with Crippen molar-refractivity contribution in [2.75, 3.05) is 23.9 Å². The molecular formula is C26H37BrN2O6Si. The minimum Gasteiger partial charge on any atom is -0.493 e. The van der Waals surface area contributed by atoms with E-state index in [0.29, 0.717) is 30.4 Å². The van der Waals surface area contributed by atoms with Crippen LogP contribution in [0.15, 0.2) is 23.9 Å². The average Bonchev–Trinajstić information content (AvgIpc) is 3.56. The van der Waals surface area contributed by atoms with Crippen molar-refractivity contribution in [2.45, 2.75) is 76.9 Å². The van der Waals surface area contributed by atoms with Crippen LogP contribution in [0.5, 0.6) is 11.5 Å². The standard InChI is InChI=1S/C26H37BrN2O6Si/c1-26(2,3)36(5,6)35-24-20-12-17(16-8-9-16)15-28(20)23(30)18-13-21(33-4)22(34-11-7-10-27)14-19(18)29(24)25(31)32/h13-16,20,24H,7-12H2,1-6H3,(H,31,32)/t20?,24-/m0/s1. The van der Waals surface area contributed by atoms with Crippen LogP contribution in [0.1, 0.15) is 56.8 Å². The normalized spacial score (nSPS) is 22.1. The molecule has 2 aliphatic heterocycles. The van der Waals surface area contributed by atoms with Crippen molar-refractivity contribution in [2.24, 2.45) is 5.92 Å². The SMILES string of the molecule is COc1cc2c(cc1OCCCBr)N(C(=O)O)[C@@H](O[Si](C)(C)C(C)(C)C)C1CC(C3CC3)=CN1C2=O. The molecule has 1 N–H and O–H groups in total. The van der Waals surface area contributed by atoms with Crippen LogP contribution in [0.4, 0.5) is 10.5 Å². The van der Waals surface area contributed by atoms with Crippen LogP contribution in [-0.2, 0) is 4.43 Å². The van der Waals surface area contributed by atoms with E-state index in [2.05, 4.69) is 49.8 Å². The van der Waals surface area contributed by atoms with Gasteiger partial charge in [-0.15, -0.1) is 0 Å². The number of carbonyl (C=O) groups is 2. The lowest BCUT2D eigenvalue weighted by atomic mass is 10.1. The van der Waals surface area contributed by atoms with Gasteiger partial charge in [0.2, 0.25) is 0 Å². The largest absolute Gasteiger partial charge is 0.493 e. The van der Waals surface area contributed by atoms with Crippen LogP contribution < -0.4 is 14.4 Å². The predicted molar refractivity (Wildman–Crippen MR) is 145 cm³/mol. The van der Waals surface area contributed by atoms with Gasteiger partial charge in [-0.05, 0) is 61.4 Å². The highest BCUT2D eigenvalue weighted by atomic mass is 79.9. The second-order valence-corrected chi connectivity index (χ2v) is 16.8. The molecule has 1 saturated carbocycles. The summed E-state index contributed by atoms with van der Waals surface area (Å²) in [6.07, 6.45) is 3.53. The summed E-state index contributed by atoms with van der Waals surface area (Å²) in [6.45, 7) is 11.0. The number of hydrogen-bond donors (Lipinski definition) is 1. The first-order chi connectivity index (χ1) is 16.9. The number of rotatable bonds is 8. The van der Waals surface area contributed by atoms with Crippen molar-refractivity contribution in [3.05, 3.63) is 29.5 Å². The maximum absolute atomic E-state index is 13.9. The number of methoxy groups -OCH3 is 1. The highest BCUT2D eigenvalue weighted by Gasteiger charge is 2.51. The first-order valence-electron chi connectivity index (χ1n) is 12.5. The zero-order valence-corrected chi connectivity index (χ0v) is 24.6. The molecule has 0 aromatic heterocycles. The Kier molecular flexibility index (Phi) is 7.52. The predicted octanol–water partition coefficient (Wildman–Crippen LogP) is 6.21. The Labute approximate surface area is 222 Å². The van der Waals surface area contributed by atoms with Crippen molar-refractivity contribution >= 4 is 41.9 Å². The molecule has 2 amide bonds. The highest BCUT2D eigenvalue weighted by Crippen LogP contribution is 2.48. The number of halogens is 1. The Hall–Kier alpha value is -2.04. The zero-order chi connectivity index (χ0) is 26.4. The first kappa shape index (κ1) is 27.0. The first-order valence-corrected chi connectivity index (χ1v) is 16.6. The lowest BCUT2D eigenvalue weighted by Gasteiger charge is -2.44. The Morgan fingerprint density at radius 2 is 1.92 bits per heavy atom. The van der Waals surface area contributed by atoms with E-state index < -0.39 is 26.7 Å². The molecule has 1 fully saturated rings. The number of ether oxygens (including phenoxy) is 2. The van der Waals surface area contributed by atoms with Crippen LogP contribution in [0.25, 0.3) is 0 Å². The minimum atomic E-state index is -2.42. The summed E-state index contributed by atoms with van der Waals surface area (Å²) in [5, 5.41) is 11.2. The van der Waals surface area contributed by atoms with Crippen LogP contribution in [-0.4, -0.2) is 61.6 Å². The molecule has 3 aliphatic rings. The molecule has 0 saturated heterocycles. The van der Waals surface area contributed by atoms with Gasteiger partial charge in [-0.25, -0.2) is 9.69 Å². The van der Waals surface area contributed by atoms with Gasteiger partial charge in [-0.3, -0.25) is 4.79 Å². The number of hydrogen-bond acceptors (Lipinski definition) is 5. The Balaban J connectivity index is 1.87. The second kappa shape index (κ2) is 10.0. The Bertz CT molecular complexity index is 1070. The van der Waals surface area contributed by atoms with Crippen molar-refractivity contribution in [3.8, 4) is 11.5 Å². The molecule has 1 unspecified atom stereocenters. The number of carboxylic acid groups (broad SMARTS) is 1. The summed E-state index contributed by atoms with van der Waals surface area (Å²) in [4.78, 5) is 29.8. The fourth-order valence-corrected chi connectivity index (χ4v) is 5.99. The maximum atomic E-state index is 13.9. The molecular weight excluding hydrogens is 544 g/mol. The highest BCUT2D eigenvalue weighted by molar-refractivity contribution is 9.09. The van der Waals surface area contributed by atoms with Gasteiger partial charge in [-0.2, -0.15) is 0 Å². The summed E-state index contributed by atoms with van der Waals surface area (Å²) in [5.74, 6) is 1.02. The van der Waals surface area contributed by atoms with Gasteiger partial charge in [0.05, 0.1) is 31.0 Å². The molecule has 10 heteroatoms. The molecule has 0 radical (unpaired) electrons. The lowest BCUT2D eigenvalue weighted by Crippen LogP contribution is -2.57. The number of fused-ring (bicyclic) bond motifs is 2. The van der Waals surface area contributed by atoms with Gasteiger partial charge in [-0.1, -0.05) is 36.7 Å². The summed E-state index contributed by atoms with van der Waals surface area (Å²) in [5.41, 5.74) is 1.73. The van der Waals surface area contributed by atoms with Crippen LogP contribution in [0, 0.1) is 5.92 Å². The van der Waals surface area contributed by atoms with E-state index in [9.17, 15) is 14.7 Å². The van der Waals surface area contributed by atoms with Crippen molar-refractivity contribution in [1.29, 1.82) is 0 Å². The third kappa shape index (κ3) is 5.04. The van der Waals surface area contributed by atoms with Crippen LogP contribution >= 0.6 is 15.9 Å². The summed E-state index contributed by atoms with van der Waals surface area (Å²) in [7, 11) is -0.907. The van der Waals surface area contributed by atoms with Crippen molar-refractivity contribution in [1.82, 2.24) is 4.90 Å². The second-order valence-electron chi connectivity index (χ2n) is 11.3. The summed E-state index contributed by atoms with van der Waals surface area (Å²) < 4.78 is 18.3. The topological polar surface area (TPSA) is 88.5 Å². The maximum Gasteiger partial charge on any atom is 0.414 e. The molecule has 36 heavy (non-hydrogen) atoms. The number of alkyl halides is 1. The third-order valence-electron chi connectivity index (χ3n) is 7.76. The molecule has 2 atom stereocenters. The molecule has 0 spiro atoms. The number of amides is 2. The van der Waals surface area contributed by atoms with Gasteiger partial charge >= 0.3 is 6.09 Å². The lowest BCUT2D eigenvalue weighted by molar-refractivity contribution is 0.0602. The van der Waals surface area contributed by atoms with E-state index in [4.69, 9.17) is 13.9 Å². The smallest absolute Gasteiger partial charge is 0.414 e. The van der Waals surface area contributed by atoms with Crippen LogP contribution in [0.2, 0.25) is 18.1 Å². The summed E-state index contributed by atoms with van der Waals surface area (Å²) in [6, 6.07) is 2.78. The van der Waals surface area contributed by atoms with E-state index in [1.165, 1.54) is 17.6 Å². The van der Waals surface area contributed by atoms with E-state index >= 15 is 0 Å².